The van der Waals surface area contributed by atoms with Gasteiger partial charge in [-0.05, 0) is 113 Å². The lowest BCUT2D eigenvalue weighted by Gasteiger charge is -2.54. The van der Waals surface area contributed by atoms with E-state index in [-0.39, 0.29) is 0 Å². The zero-order valence-electron chi connectivity index (χ0n) is 17.1. The lowest BCUT2D eigenvalue weighted by molar-refractivity contribution is -0.00476. The third kappa shape index (κ3) is 3.81. The Balaban J connectivity index is 1.23. The van der Waals surface area contributed by atoms with Crippen molar-refractivity contribution in [1.82, 2.24) is 10.6 Å². The average molecular weight is 347 g/mol. The molecule has 4 fully saturated rings. The van der Waals surface area contributed by atoms with Crippen LogP contribution in [-0.2, 0) is 0 Å². The Labute approximate surface area is 156 Å². The van der Waals surface area contributed by atoms with Crippen molar-refractivity contribution in [1.29, 1.82) is 0 Å². The van der Waals surface area contributed by atoms with Crippen LogP contribution in [0.15, 0.2) is 0 Å². The third-order valence-corrected chi connectivity index (χ3v) is 9.06. The molecule has 1 unspecified atom stereocenters. The molecular weight excluding hydrogens is 304 g/mol. The highest BCUT2D eigenvalue weighted by Crippen LogP contribution is 2.54. The van der Waals surface area contributed by atoms with Gasteiger partial charge in [0.15, 0.2) is 0 Å². The summed E-state index contributed by atoms with van der Waals surface area (Å²) in [6.45, 7) is 6.28. The Kier molecular flexibility index (Phi) is 5.23. The smallest absolute Gasteiger partial charge is 0.00746 e. The molecule has 0 aromatic rings. The summed E-state index contributed by atoms with van der Waals surface area (Å²) < 4.78 is 0. The molecule has 4 aliphatic carbocycles. The number of nitrogens with one attached hydrogen (secondary N) is 2. The van der Waals surface area contributed by atoms with Gasteiger partial charge in [0.05, 0.1) is 0 Å². The SMILES string of the molecule is CNC1CC2(CC[C@@H](C)C(CNC3CCC4(CC3)CC[C@@H](C)C4)C2)C1. The van der Waals surface area contributed by atoms with Crippen LogP contribution in [0.5, 0.6) is 0 Å². The first-order valence-electron chi connectivity index (χ1n) is 11.4. The summed E-state index contributed by atoms with van der Waals surface area (Å²) in [7, 11) is 2.14. The summed E-state index contributed by atoms with van der Waals surface area (Å²) in [5.41, 5.74) is 1.47. The molecular formula is C23H42N2. The summed E-state index contributed by atoms with van der Waals surface area (Å²) in [5.74, 6) is 2.85. The van der Waals surface area contributed by atoms with E-state index in [2.05, 4.69) is 31.5 Å². The van der Waals surface area contributed by atoms with Gasteiger partial charge in [-0.1, -0.05) is 20.3 Å². The van der Waals surface area contributed by atoms with Crippen LogP contribution >= 0.6 is 0 Å². The van der Waals surface area contributed by atoms with Crippen molar-refractivity contribution in [3.05, 3.63) is 0 Å². The Morgan fingerprint density at radius 3 is 2.08 bits per heavy atom. The molecule has 4 rings (SSSR count). The second-order valence-corrected chi connectivity index (χ2v) is 10.9. The van der Waals surface area contributed by atoms with Gasteiger partial charge in [0, 0.05) is 12.1 Å². The van der Waals surface area contributed by atoms with Gasteiger partial charge in [0.25, 0.3) is 0 Å². The number of rotatable bonds is 4. The van der Waals surface area contributed by atoms with E-state index < -0.39 is 0 Å². The van der Waals surface area contributed by atoms with Gasteiger partial charge >= 0.3 is 0 Å². The summed E-state index contributed by atoms with van der Waals surface area (Å²) >= 11 is 0. The number of hydrogen-bond donors (Lipinski definition) is 2. The minimum Gasteiger partial charge on any atom is -0.317 e. The molecule has 3 atom stereocenters. The zero-order chi connectivity index (χ0) is 17.5. The predicted octanol–water partition coefficient (Wildman–Crippen LogP) is 5.13. The molecule has 0 bridgehead atoms. The lowest BCUT2D eigenvalue weighted by Crippen LogP contribution is -2.52. The van der Waals surface area contributed by atoms with Crippen LogP contribution < -0.4 is 10.6 Å². The molecule has 0 aromatic heterocycles. The molecule has 2 heteroatoms. The molecule has 0 aromatic carbocycles. The van der Waals surface area contributed by atoms with Crippen LogP contribution in [0, 0.1) is 28.6 Å². The summed E-state index contributed by atoms with van der Waals surface area (Å²) in [6.07, 6.45) is 17.8. The van der Waals surface area contributed by atoms with Crippen LogP contribution in [0.4, 0.5) is 0 Å². The summed E-state index contributed by atoms with van der Waals surface area (Å²) in [6, 6.07) is 1.63. The molecule has 2 nitrogen and oxygen atoms in total. The van der Waals surface area contributed by atoms with E-state index in [1.807, 2.05) is 0 Å². The molecule has 0 radical (unpaired) electrons. The van der Waals surface area contributed by atoms with Gasteiger partial charge in [0.1, 0.15) is 0 Å². The lowest BCUT2D eigenvalue weighted by atomic mass is 9.54. The van der Waals surface area contributed by atoms with Crippen LogP contribution in [0.3, 0.4) is 0 Å². The Morgan fingerprint density at radius 1 is 0.760 bits per heavy atom. The van der Waals surface area contributed by atoms with Crippen LogP contribution in [-0.4, -0.2) is 25.7 Å². The third-order valence-electron chi connectivity index (χ3n) is 9.06. The largest absolute Gasteiger partial charge is 0.317 e. The van der Waals surface area contributed by atoms with Crippen LogP contribution in [0.2, 0.25) is 0 Å². The first kappa shape index (κ1) is 18.3. The monoisotopic (exact) mass is 346 g/mol. The minimum atomic E-state index is 0.711. The van der Waals surface area contributed by atoms with Crippen molar-refractivity contribution in [3.63, 3.8) is 0 Å². The average Bonchev–Trinajstić information content (AvgIpc) is 2.94. The van der Waals surface area contributed by atoms with E-state index in [1.54, 1.807) is 0 Å². The van der Waals surface area contributed by atoms with E-state index in [0.717, 1.165) is 35.3 Å². The number of hydrogen-bond acceptors (Lipinski definition) is 2. The Hall–Kier alpha value is -0.0800. The van der Waals surface area contributed by atoms with E-state index in [4.69, 9.17) is 0 Å². The summed E-state index contributed by atoms with van der Waals surface area (Å²) in [4.78, 5) is 0. The van der Waals surface area contributed by atoms with Gasteiger partial charge in [-0.2, -0.15) is 0 Å². The van der Waals surface area contributed by atoms with E-state index in [1.165, 1.54) is 83.6 Å². The van der Waals surface area contributed by atoms with Gasteiger partial charge in [0.2, 0.25) is 0 Å². The van der Waals surface area contributed by atoms with Crippen molar-refractivity contribution < 1.29 is 0 Å². The molecule has 0 amide bonds. The van der Waals surface area contributed by atoms with Crippen LogP contribution in [0.25, 0.3) is 0 Å². The van der Waals surface area contributed by atoms with E-state index >= 15 is 0 Å². The minimum absolute atomic E-state index is 0.711. The van der Waals surface area contributed by atoms with Gasteiger partial charge in [-0.25, -0.2) is 0 Å². The summed E-state index contributed by atoms with van der Waals surface area (Å²) in [5, 5.41) is 7.53. The highest BCUT2D eigenvalue weighted by Gasteiger charge is 2.48. The normalized spacial score (nSPS) is 50.3. The maximum atomic E-state index is 4.03. The highest BCUT2D eigenvalue weighted by molar-refractivity contribution is 5.01. The van der Waals surface area contributed by atoms with Crippen LogP contribution in [0.1, 0.15) is 90.9 Å². The standard InChI is InChI=1S/C23H42N2/c1-17-4-8-22(12-17)10-6-20(7-11-22)25-16-19-13-23(9-5-18(19)2)14-21(15-23)24-3/h17-21,24-25H,4-16H2,1-3H3/t17-,18-,19?,20?,21?,22?,23?/m1/s1. The molecule has 4 saturated carbocycles. The maximum absolute atomic E-state index is 4.03. The quantitative estimate of drug-likeness (QED) is 0.737. The molecule has 0 saturated heterocycles. The Morgan fingerprint density at radius 2 is 1.44 bits per heavy atom. The van der Waals surface area contributed by atoms with Gasteiger partial charge in [-0.3, -0.25) is 0 Å². The van der Waals surface area contributed by atoms with Crippen molar-refractivity contribution >= 4 is 0 Å². The van der Waals surface area contributed by atoms with E-state index in [9.17, 15) is 0 Å². The maximum Gasteiger partial charge on any atom is 0.00746 e. The van der Waals surface area contributed by atoms with Crippen molar-refractivity contribution in [2.24, 2.45) is 28.6 Å². The first-order valence-corrected chi connectivity index (χ1v) is 11.4. The van der Waals surface area contributed by atoms with Crippen molar-refractivity contribution in [3.8, 4) is 0 Å². The molecule has 0 aliphatic heterocycles. The van der Waals surface area contributed by atoms with E-state index in [0.29, 0.717) is 5.41 Å². The molecule has 144 valence electrons. The Bertz CT molecular complexity index is 439. The zero-order valence-corrected chi connectivity index (χ0v) is 17.1. The van der Waals surface area contributed by atoms with Crippen molar-refractivity contribution in [2.75, 3.05) is 13.6 Å². The molecule has 2 N–H and O–H groups in total. The van der Waals surface area contributed by atoms with Gasteiger partial charge in [-0.15, -0.1) is 0 Å². The fourth-order valence-electron chi connectivity index (χ4n) is 7.17. The fraction of sp³-hybridized carbons (Fsp3) is 1.00. The molecule has 2 spiro atoms. The molecule has 25 heavy (non-hydrogen) atoms. The highest BCUT2D eigenvalue weighted by atomic mass is 14.9. The van der Waals surface area contributed by atoms with Crippen molar-refractivity contribution in [2.45, 2.75) is 103 Å². The fourth-order valence-corrected chi connectivity index (χ4v) is 7.17. The second-order valence-electron chi connectivity index (χ2n) is 10.9. The second kappa shape index (κ2) is 7.15. The molecule has 4 aliphatic rings. The first-order chi connectivity index (χ1) is 12.0. The molecule has 0 heterocycles. The van der Waals surface area contributed by atoms with Gasteiger partial charge < -0.3 is 10.6 Å². The predicted molar refractivity (Wildman–Crippen MR) is 107 cm³/mol. The topological polar surface area (TPSA) is 24.1 Å².